The Hall–Kier alpha value is -1.30. The number of hydrogen-bond donors (Lipinski definition) is 1. The lowest BCUT2D eigenvalue weighted by Gasteiger charge is -2.18. The van der Waals surface area contributed by atoms with Crippen LogP contribution >= 0.6 is 12.2 Å². The van der Waals surface area contributed by atoms with E-state index in [-0.39, 0.29) is 10.9 Å². The van der Waals surface area contributed by atoms with Crippen LogP contribution in [0.5, 0.6) is 5.75 Å². The van der Waals surface area contributed by atoms with Crippen molar-refractivity contribution in [2.75, 3.05) is 6.61 Å². The first kappa shape index (κ1) is 15.8. The first-order valence-corrected chi connectivity index (χ1v) is 6.28. The molecule has 0 spiro atoms. The Kier molecular flexibility index (Phi) is 5.17. The zero-order chi connectivity index (χ0) is 14.6. The minimum absolute atomic E-state index is 0.221. The van der Waals surface area contributed by atoms with Crippen LogP contribution in [0.2, 0.25) is 0 Å². The Morgan fingerprint density at radius 2 is 2.05 bits per heavy atom. The second kappa shape index (κ2) is 6.23. The number of hydrogen-bond acceptors (Lipinski definition) is 2. The third-order valence-corrected chi connectivity index (χ3v) is 2.84. The average molecular weight is 291 g/mol. The second-order valence-corrected chi connectivity index (χ2v) is 4.78. The Balaban J connectivity index is 3.18. The topological polar surface area (TPSA) is 35.2 Å². The SMILES string of the molecule is CCOc1ccc(C(F)(F)F)cc1C(C)CC(N)=S. The minimum Gasteiger partial charge on any atom is -0.494 e. The van der Waals surface area contributed by atoms with Crippen LogP contribution in [0.25, 0.3) is 0 Å². The zero-order valence-electron chi connectivity index (χ0n) is 10.8. The summed E-state index contributed by atoms with van der Waals surface area (Å²) in [6, 6.07) is 3.47. The van der Waals surface area contributed by atoms with Crippen molar-refractivity contribution in [3.63, 3.8) is 0 Å². The highest BCUT2D eigenvalue weighted by atomic mass is 32.1. The summed E-state index contributed by atoms with van der Waals surface area (Å²) in [7, 11) is 0. The van der Waals surface area contributed by atoms with Crippen molar-refractivity contribution < 1.29 is 17.9 Å². The van der Waals surface area contributed by atoms with Gasteiger partial charge >= 0.3 is 6.18 Å². The first-order valence-electron chi connectivity index (χ1n) is 5.88. The fraction of sp³-hybridized carbons (Fsp3) is 0.462. The van der Waals surface area contributed by atoms with Gasteiger partial charge in [-0.2, -0.15) is 13.2 Å². The number of alkyl halides is 3. The molecule has 1 atom stereocenters. The molecule has 1 aromatic carbocycles. The molecule has 106 valence electrons. The van der Waals surface area contributed by atoms with Crippen LogP contribution in [0.4, 0.5) is 13.2 Å². The maximum Gasteiger partial charge on any atom is 0.416 e. The van der Waals surface area contributed by atoms with Gasteiger partial charge in [0.05, 0.1) is 17.2 Å². The fourth-order valence-corrected chi connectivity index (χ4v) is 2.06. The van der Waals surface area contributed by atoms with Crippen molar-refractivity contribution in [1.29, 1.82) is 0 Å². The molecule has 0 saturated carbocycles. The highest BCUT2D eigenvalue weighted by molar-refractivity contribution is 7.80. The van der Waals surface area contributed by atoms with E-state index in [2.05, 4.69) is 0 Å². The van der Waals surface area contributed by atoms with Crippen LogP contribution in [0, 0.1) is 0 Å². The third-order valence-electron chi connectivity index (χ3n) is 2.68. The summed E-state index contributed by atoms with van der Waals surface area (Å²) >= 11 is 4.80. The third kappa shape index (κ3) is 4.38. The Morgan fingerprint density at radius 3 is 2.53 bits per heavy atom. The normalized spacial score (nSPS) is 13.1. The summed E-state index contributed by atoms with van der Waals surface area (Å²) in [4.78, 5) is 0.271. The maximum atomic E-state index is 12.7. The molecule has 6 heteroatoms. The maximum absolute atomic E-state index is 12.7. The standard InChI is InChI=1S/C13H16F3NOS/c1-3-18-11-5-4-9(13(14,15)16)7-10(11)8(2)6-12(17)19/h4-5,7-8H,3,6H2,1-2H3,(H2,17,19). The fourth-order valence-electron chi connectivity index (χ4n) is 1.81. The number of halogens is 3. The van der Waals surface area contributed by atoms with Gasteiger partial charge < -0.3 is 10.5 Å². The summed E-state index contributed by atoms with van der Waals surface area (Å²) < 4.78 is 43.5. The molecule has 0 bridgehead atoms. The monoisotopic (exact) mass is 291 g/mol. The number of benzene rings is 1. The van der Waals surface area contributed by atoms with Crippen molar-refractivity contribution in [2.45, 2.75) is 32.4 Å². The van der Waals surface area contributed by atoms with E-state index in [0.29, 0.717) is 24.3 Å². The molecule has 0 aliphatic heterocycles. The van der Waals surface area contributed by atoms with Crippen molar-refractivity contribution in [3.8, 4) is 5.75 Å². The highest BCUT2D eigenvalue weighted by Crippen LogP contribution is 2.36. The average Bonchev–Trinajstić information content (AvgIpc) is 2.27. The lowest BCUT2D eigenvalue weighted by atomic mass is 9.95. The summed E-state index contributed by atoms with van der Waals surface area (Å²) in [5.74, 6) is 0.223. The van der Waals surface area contributed by atoms with E-state index in [1.165, 1.54) is 6.07 Å². The molecular formula is C13H16F3NOS. The Labute approximate surface area is 115 Å². The van der Waals surface area contributed by atoms with Gasteiger partial charge in [-0.1, -0.05) is 19.1 Å². The van der Waals surface area contributed by atoms with Gasteiger partial charge in [-0.3, -0.25) is 0 Å². The molecule has 0 aromatic heterocycles. The molecule has 0 amide bonds. The van der Waals surface area contributed by atoms with Crippen LogP contribution in [0.15, 0.2) is 18.2 Å². The van der Waals surface area contributed by atoms with Gasteiger partial charge in [0.25, 0.3) is 0 Å². The molecule has 0 fully saturated rings. The molecule has 0 saturated heterocycles. The van der Waals surface area contributed by atoms with Crippen LogP contribution < -0.4 is 10.5 Å². The van der Waals surface area contributed by atoms with E-state index >= 15 is 0 Å². The smallest absolute Gasteiger partial charge is 0.416 e. The molecular weight excluding hydrogens is 275 g/mol. The first-order chi connectivity index (χ1) is 8.75. The number of thiocarbonyl (C=S) groups is 1. The molecule has 0 heterocycles. The van der Waals surface area contributed by atoms with E-state index in [4.69, 9.17) is 22.7 Å². The van der Waals surface area contributed by atoms with Crippen molar-refractivity contribution >= 4 is 17.2 Å². The van der Waals surface area contributed by atoms with Gasteiger partial charge in [0.1, 0.15) is 5.75 Å². The molecule has 2 N–H and O–H groups in total. The number of nitrogens with two attached hydrogens (primary N) is 1. The molecule has 1 unspecified atom stereocenters. The van der Waals surface area contributed by atoms with E-state index in [9.17, 15) is 13.2 Å². The summed E-state index contributed by atoms with van der Waals surface area (Å²) in [5, 5.41) is 0. The second-order valence-electron chi connectivity index (χ2n) is 4.25. The van der Waals surface area contributed by atoms with E-state index in [1.54, 1.807) is 13.8 Å². The van der Waals surface area contributed by atoms with Gasteiger partial charge in [0.2, 0.25) is 0 Å². The number of rotatable bonds is 5. The van der Waals surface area contributed by atoms with Gasteiger partial charge in [-0.25, -0.2) is 0 Å². The number of ether oxygens (including phenoxy) is 1. The molecule has 1 aromatic rings. The predicted molar refractivity (Wildman–Crippen MR) is 72.4 cm³/mol. The Morgan fingerprint density at radius 1 is 1.42 bits per heavy atom. The quantitative estimate of drug-likeness (QED) is 0.836. The molecule has 2 nitrogen and oxygen atoms in total. The van der Waals surface area contributed by atoms with Crippen LogP contribution in [-0.4, -0.2) is 11.6 Å². The minimum atomic E-state index is -4.37. The summed E-state index contributed by atoms with van der Waals surface area (Å²) in [6.45, 7) is 3.94. The molecule has 0 aliphatic carbocycles. The van der Waals surface area contributed by atoms with Gasteiger partial charge in [0, 0.05) is 6.42 Å². The van der Waals surface area contributed by atoms with E-state index in [1.807, 2.05) is 0 Å². The molecule has 0 radical (unpaired) electrons. The van der Waals surface area contributed by atoms with E-state index < -0.39 is 11.7 Å². The van der Waals surface area contributed by atoms with Gasteiger partial charge in [0.15, 0.2) is 0 Å². The predicted octanol–water partition coefficient (Wildman–Crippen LogP) is 3.88. The highest BCUT2D eigenvalue weighted by Gasteiger charge is 2.31. The van der Waals surface area contributed by atoms with Crippen LogP contribution in [0.3, 0.4) is 0 Å². The Bertz CT molecular complexity index is 460. The molecule has 1 rings (SSSR count). The van der Waals surface area contributed by atoms with Crippen molar-refractivity contribution in [2.24, 2.45) is 5.73 Å². The lowest BCUT2D eigenvalue weighted by Crippen LogP contribution is -2.13. The zero-order valence-corrected chi connectivity index (χ0v) is 11.6. The summed E-state index contributed by atoms with van der Waals surface area (Å²) in [5.41, 5.74) is 5.23. The van der Waals surface area contributed by atoms with Crippen LogP contribution in [0.1, 0.15) is 37.3 Å². The van der Waals surface area contributed by atoms with Gasteiger partial charge in [-0.05, 0) is 36.6 Å². The lowest BCUT2D eigenvalue weighted by molar-refractivity contribution is -0.137. The van der Waals surface area contributed by atoms with Crippen LogP contribution in [-0.2, 0) is 6.18 Å². The molecule has 0 aliphatic rings. The van der Waals surface area contributed by atoms with E-state index in [0.717, 1.165) is 12.1 Å². The largest absolute Gasteiger partial charge is 0.494 e. The summed E-state index contributed by atoms with van der Waals surface area (Å²) in [6.07, 6.45) is -4.03. The molecule has 19 heavy (non-hydrogen) atoms. The van der Waals surface area contributed by atoms with Crippen molar-refractivity contribution in [3.05, 3.63) is 29.3 Å². The van der Waals surface area contributed by atoms with Crippen molar-refractivity contribution in [1.82, 2.24) is 0 Å². The van der Waals surface area contributed by atoms with Gasteiger partial charge in [-0.15, -0.1) is 0 Å².